The summed E-state index contributed by atoms with van der Waals surface area (Å²) in [6.45, 7) is 3.50. The van der Waals surface area contributed by atoms with Crippen LogP contribution in [0.3, 0.4) is 0 Å². The van der Waals surface area contributed by atoms with Gasteiger partial charge in [-0.1, -0.05) is 11.6 Å². The van der Waals surface area contributed by atoms with E-state index < -0.39 is 0 Å². The summed E-state index contributed by atoms with van der Waals surface area (Å²) in [4.78, 5) is 6.58. The second-order valence-electron chi connectivity index (χ2n) is 4.44. The Hall–Kier alpha value is -0.320. The lowest BCUT2D eigenvalue weighted by molar-refractivity contribution is 0.215. The summed E-state index contributed by atoms with van der Waals surface area (Å²) >= 11 is 7.33. The van der Waals surface area contributed by atoms with E-state index in [1.54, 1.807) is 11.3 Å². The van der Waals surface area contributed by atoms with E-state index in [0.717, 1.165) is 17.6 Å². The van der Waals surface area contributed by atoms with Crippen LogP contribution in [0.5, 0.6) is 0 Å². The van der Waals surface area contributed by atoms with Crippen molar-refractivity contribution < 1.29 is 0 Å². The molecule has 0 aliphatic carbocycles. The van der Waals surface area contributed by atoms with Crippen molar-refractivity contribution in [1.29, 1.82) is 0 Å². The molecule has 1 aromatic heterocycles. The topological polar surface area (TPSA) is 28.2 Å². The highest BCUT2D eigenvalue weighted by Gasteiger charge is 2.15. The molecule has 5 heteroatoms. The Morgan fingerprint density at radius 2 is 2.31 bits per heavy atom. The Morgan fingerprint density at radius 1 is 1.56 bits per heavy atom. The minimum Gasteiger partial charge on any atom is -0.361 e. The number of hydrogen-bond acceptors (Lipinski definition) is 4. The Balaban J connectivity index is 1.64. The summed E-state index contributed by atoms with van der Waals surface area (Å²) in [6, 6.07) is 0. The van der Waals surface area contributed by atoms with Crippen LogP contribution in [-0.2, 0) is 0 Å². The van der Waals surface area contributed by atoms with Crippen LogP contribution in [0.1, 0.15) is 19.3 Å². The van der Waals surface area contributed by atoms with Crippen LogP contribution in [0, 0.1) is 5.92 Å². The maximum Gasteiger partial charge on any atom is 0.184 e. The predicted molar refractivity (Wildman–Crippen MR) is 70.5 cm³/mol. The van der Waals surface area contributed by atoms with Crippen molar-refractivity contribution in [2.75, 3.05) is 32.0 Å². The van der Waals surface area contributed by atoms with Crippen LogP contribution in [0.25, 0.3) is 0 Å². The van der Waals surface area contributed by atoms with E-state index in [2.05, 4.69) is 22.2 Å². The summed E-state index contributed by atoms with van der Waals surface area (Å²) in [5, 5.41) is 6.73. The van der Waals surface area contributed by atoms with E-state index in [9.17, 15) is 0 Å². The van der Waals surface area contributed by atoms with Gasteiger partial charge in [-0.3, -0.25) is 0 Å². The Morgan fingerprint density at radius 3 is 2.94 bits per heavy atom. The first kappa shape index (κ1) is 12.1. The molecule has 2 rings (SSSR count). The van der Waals surface area contributed by atoms with Gasteiger partial charge in [-0.05, 0) is 45.3 Å². The molecule has 3 nitrogen and oxygen atoms in total. The number of anilines is 1. The summed E-state index contributed by atoms with van der Waals surface area (Å²) in [7, 11) is 2.20. The number of nitrogens with one attached hydrogen (secondary N) is 1. The predicted octanol–water partition coefficient (Wildman–Crippen LogP) is 2.94. The largest absolute Gasteiger partial charge is 0.361 e. The van der Waals surface area contributed by atoms with Crippen molar-refractivity contribution in [3.8, 4) is 0 Å². The minimum atomic E-state index is 0.590. The van der Waals surface area contributed by atoms with E-state index in [-0.39, 0.29) is 0 Å². The van der Waals surface area contributed by atoms with Gasteiger partial charge in [-0.2, -0.15) is 0 Å². The number of halogens is 1. The summed E-state index contributed by atoms with van der Waals surface area (Å²) in [6.07, 6.45) is 3.90. The van der Waals surface area contributed by atoms with Gasteiger partial charge in [0.2, 0.25) is 0 Å². The van der Waals surface area contributed by atoms with Crippen molar-refractivity contribution in [2.45, 2.75) is 19.3 Å². The molecule has 2 heterocycles. The zero-order valence-corrected chi connectivity index (χ0v) is 11.2. The number of likely N-dealkylation sites (tertiary alicyclic amines) is 1. The fourth-order valence-electron chi connectivity index (χ4n) is 2.07. The number of aromatic nitrogens is 1. The molecule has 1 aliphatic heterocycles. The van der Waals surface area contributed by atoms with Gasteiger partial charge in [0.15, 0.2) is 5.13 Å². The normalized spacial score (nSPS) is 18.9. The molecule has 0 unspecified atom stereocenters. The zero-order valence-electron chi connectivity index (χ0n) is 9.58. The minimum absolute atomic E-state index is 0.590. The Labute approximate surface area is 106 Å². The van der Waals surface area contributed by atoms with Crippen molar-refractivity contribution in [1.82, 2.24) is 9.88 Å². The summed E-state index contributed by atoms with van der Waals surface area (Å²) in [5.41, 5.74) is 0. The second kappa shape index (κ2) is 5.84. The quantitative estimate of drug-likeness (QED) is 0.901. The van der Waals surface area contributed by atoms with Gasteiger partial charge < -0.3 is 10.2 Å². The summed E-state index contributed by atoms with van der Waals surface area (Å²) in [5.74, 6) is 0.874. The van der Waals surface area contributed by atoms with Gasteiger partial charge in [0.1, 0.15) is 5.15 Å². The highest BCUT2D eigenvalue weighted by molar-refractivity contribution is 7.14. The maximum absolute atomic E-state index is 5.76. The van der Waals surface area contributed by atoms with Gasteiger partial charge in [0.25, 0.3) is 0 Å². The van der Waals surface area contributed by atoms with Gasteiger partial charge in [0.05, 0.1) is 0 Å². The lowest BCUT2D eigenvalue weighted by Gasteiger charge is -2.28. The molecule has 0 atom stereocenters. The molecule has 90 valence electrons. The molecule has 0 radical (unpaired) electrons. The lowest BCUT2D eigenvalue weighted by Crippen LogP contribution is -2.30. The Kier molecular flexibility index (Phi) is 4.44. The summed E-state index contributed by atoms with van der Waals surface area (Å²) < 4.78 is 0. The van der Waals surface area contributed by atoms with Crippen LogP contribution in [-0.4, -0.2) is 36.6 Å². The molecular weight excluding hydrogens is 242 g/mol. The zero-order chi connectivity index (χ0) is 11.4. The van der Waals surface area contributed by atoms with E-state index in [4.69, 9.17) is 11.6 Å². The third-order valence-corrected chi connectivity index (χ3v) is 4.27. The van der Waals surface area contributed by atoms with E-state index >= 15 is 0 Å². The van der Waals surface area contributed by atoms with Crippen molar-refractivity contribution in [2.24, 2.45) is 5.92 Å². The highest BCUT2D eigenvalue weighted by Crippen LogP contribution is 2.21. The van der Waals surface area contributed by atoms with Crippen LogP contribution < -0.4 is 5.32 Å². The molecular formula is C11H18ClN3S. The van der Waals surface area contributed by atoms with Crippen LogP contribution in [0.2, 0.25) is 5.15 Å². The van der Waals surface area contributed by atoms with Crippen molar-refractivity contribution in [3.63, 3.8) is 0 Å². The molecule has 0 bridgehead atoms. The van der Waals surface area contributed by atoms with E-state index in [1.165, 1.54) is 32.4 Å². The first-order valence-electron chi connectivity index (χ1n) is 5.77. The SMILES string of the molecule is CN1CCC(CCNc2nc(Cl)cs2)CC1. The Bertz CT molecular complexity index is 321. The highest BCUT2D eigenvalue weighted by atomic mass is 35.5. The van der Waals surface area contributed by atoms with Crippen LogP contribution in [0.4, 0.5) is 5.13 Å². The molecule has 16 heavy (non-hydrogen) atoms. The van der Waals surface area contributed by atoms with Gasteiger partial charge in [-0.25, -0.2) is 4.98 Å². The van der Waals surface area contributed by atoms with Crippen LogP contribution in [0.15, 0.2) is 5.38 Å². The standard InChI is InChI=1S/C11H18ClN3S/c1-15-6-3-9(4-7-15)2-5-13-11-14-10(12)8-16-11/h8-9H,2-7H2,1H3,(H,13,14). The molecule has 1 saturated heterocycles. The molecule has 0 amide bonds. The van der Waals surface area contributed by atoms with Gasteiger partial charge in [-0.15, -0.1) is 11.3 Å². The first-order chi connectivity index (χ1) is 7.74. The maximum atomic E-state index is 5.76. The third-order valence-electron chi connectivity index (χ3n) is 3.14. The fraction of sp³-hybridized carbons (Fsp3) is 0.727. The number of hydrogen-bond donors (Lipinski definition) is 1. The molecule has 1 aromatic rings. The van der Waals surface area contributed by atoms with Crippen LogP contribution >= 0.6 is 22.9 Å². The number of piperidine rings is 1. The molecule has 0 aromatic carbocycles. The molecule has 1 N–H and O–H groups in total. The average Bonchev–Trinajstić information content (AvgIpc) is 2.67. The molecule has 0 saturated carbocycles. The van der Waals surface area contributed by atoms with Gasteiger partial charge in [0, 0.05) is 11.9 Å². The van der Waals surface area contributed by atoms with E-state index in [1.807, 2.05) is 5.38 Å². The van der Waals surface area contributed by atoms with Crippen molar-refractivity contribution >= 4 is 28.1 Å². The molecule has 1 fully saturated rings. The third kappa shape index (κ3) is 3.61. The number of nitrogens with zero attached hydrogens (tertiary/aromatic N) is 2. The monoisotopic (exact) mass is 259 g/mol. The van der Waals surface area contributed by atoms with Crippen molar-refractivity contribution in [3.05, 3.63) is 10.5 Å². The second-order valence-corrected chi connectivity index (χ2v) is 5.68. The first-order valence-corrected chi connectivity index (χ1v) is 7.03. The lowest BCUT2D eigenvalue weighted by atomic mass is 9.94. The average molecular weight is 260 g/mol. The molecule has 1 aliphatic rings. The number of rotatable bonds is 4. The molecule has 0 spiro atoms. The smallest absolute Gasteiger partial charge is 0.184 e. The fourth-order valence-corrected chi connectivity index (χ4v) is 2.94. The van der Waals surface area contributed by atoms with E-state index in [0.29, 0.717) is 5.15 Å². The van der Waals surface area contributed by atoms with Gasteiger partial charge >= 0.3 is 0 Å². The number of thiazole rings is 1.